The molecule has 0 unspecified atom stereocenters. The number of rotatable bonds is 6. The molecule has 0 aromatic carbocycles. The van der Waals surface area contributed by atoms with E-state index >= 15 is 0 Å². The van der Waals surface area contributed by atoms with E-state index in [0.717, 1.165) is 12.8 Å². The smallest absolute Gasteiger partial charge is 0.0540 e. The lowest BCUT2D eigenvalue weighted by Gasteiger charge is -2.10. The van der Waals surface area contributed by atoms with Gasteiger partial charge in [-0.05, 0) is 38.5 Å². The molecule has 0 amide bonds. The molecule has 0 aliphatic rings. The zero-order valence-corrected chi connectivity index (χ0v) is 11.2. The zero-order valence-electron chi connectivity index (χ0n) is 11.2. The molecule has 0 aromatic rings. The molecule has 0 heterocycles. The molecular formula is C14H28O2. The monoisotopic (exact) mass is 228 g/mol. The number of allylic oxidation sites excluding steroid dienone is 2. The molecule has 16 heavy (non-hydrogen) atoms. The van der Waals surface area contributed by atoms with Crippen molar-refractivity contribution in [2.24, 2.45) is 11.8 Å². The van der Waals surface area contributed by atoms with Crippen molar-refractivity contribution in [3.8, 4) is 0 Å². The summed E-state index contributed by atoms with van der Waals surface area (Å²) in [5.74, 6) is 0.708. The van der Waals surface area contributed by atoms with Crippen LogP contribution in [0.4, 0.5) is 0 Å². The van der Waals surface area contributed by atoms with E-state index in [0.29, 0.717) is 11.8 Å². The highest BCUT2D eigenvalue weighted by Crippen LogP contribution is 2.07. The maximum absolute atomic E-state index is 8.90. The normalized spacial score (nSPS) is 17.4. The van der Waals surface area contributed by atoms with E-state index in [9.17, 15) is 0 Å². The highest BCUT2D eigenvalue weighted by molar-refractivity contribution is 4.73. The van der Waals surface area contributed by atoms with Crippen LogP contribution in [0.5, 0.6) is 0 Å². The van der Waals surface area contributed by atoms with Gasteiger partial charge in [0.05, 0.1) is 12.2 Å². The van der Waals surface area contributed by atoms with Crippen molar-refractivity contribution in [3.63, 3.8) is 0 Å². The number of aliphatic hydroxyl groups excluding tert-OH is 2. The summed E-state index contributed by atoms with van der Waals surface area (Å²) in [6, 6.07) is 0. The highest BCUT2D eigenvalue weighted by atomic mass is 16.3. The second-order valence-electron chi connectivity index (χ2n) is 4.48. The van der Waals surface area contributed by atoms with Crippen LogP contribution in [-0.4, -0.2) is 22.4 Å². The van der Waals surface area contributed by atoms with Crippen molar-refractivity contribution in [1.29, 1.82) is 0 Å². The SMILES string of the molecule is C=CC[C@@H](C)[C@@H](C)O.C=CC[C@H](C)[C@H](C)O. The molecule has 2 heteroatoms. The molecule has 0 aromatic heterocycles. The minimum absolute atomic E-state index is 0.201. The number of aliphatic hydroxyl groups is 2. The molecule has 4 atom stereocenters. The van der Waals surface area contributed by atoms with Crippen LogP contribution in [0.2, 0.25) is 0 Å². The Morgan fingerprint density at radius 2 is 1.06 bits per heavy atom. The van der Waals surface area contributed by atoms with Crippen LogP contribution in [0, 0.1) is 11.8 Å². The topological polar surface area (TPSA) is 40.5 Å². The first kappa shape index (κ1) is 17.8. The Labute approximate surface area is 101 Å². The van der Waals surface area contributed by atoms with E-state index < -0.39 is 0 Å². The molecule has 0 aliphatic heterocycles. The minimum atomic E-state index is -0.201. The summed E-state index contributed by atoms with van der Waals surface area (Å²) < 4.78 is 0. The highest BCUT2D eigenvalue weighted by Gasteiger charge is 2.04. The van der Waals surface area contributed by atoms with Gasteiger partial charge < -0.3 is 10.2 Å². The van der Waals surface area contributed by atoms with E-state index in [2.05, 4.69) is 13.2 Å². The Kier molecular flexibility index (Phi) is 12.1. The van der Waals surface area contributed by atoms with Crippen molar-refractivity contribution >= 4 is 0 Å². The van der Waals surface area contributed by atoms with Crippen LogP contribution in [0.15, 0.2) is 25.3 Å². The van der Waals surface area contributed by atoms with E-state index in [-0.39, 0.29) is 12.2 Å². The number of hydrogen-bond acceptors (Lipinski definition) is 2. The van der Waals surface area contributed by atoms with Gasteiger partial charge in [0, 0.05) is 0 Å². The predicted octanol–water partition coefficient (Wildman–Crippen LogP) is 3.16. The summed E-state index contributed by atoms with van der Waals surface area (Å²) in [7, 11) is 0. The minimum Gasteiger partial charge on any atom is -0.393 e. The van der Waals surface area contributed by atoms with Gasteiger partial charge in [-0.3, -0.25) is 0 Å². The predicted molar refractivity (Wildman–Crippen MR) is 71.3 cm³/mol. The van der Waals surface area contributed by atoms with E-state index in [1.165, 1.54) is 0 Å². The Balaban J connectivity index is 0. The summed E-state index contributed by atoms with van der Waals surface area (Å²) in [5, 5.41) is 17.8. The average Bonchev–Trinajstić information content (AvgIpc) is 2.19. The van der Waals surface area contributed by atoms with Gasteiger partial charge in [-0.2, -0.15) is 0 Å². The maximum Gasteiger partial charge on any atom is 0.0540 e. The van der Waals surface area contributed by atoms with Gasteiger partial charge in [-0.1, -0.05) is 26.0 Å². The van der Waals surface area contributed by atoms with Gasteiger partial charge in [-0.15, -0.1) is 13.2 Å². The first-order valence-electron chi connectivity index (χ1n) is 5.94. The molecular weight excluding hydrogens is 200 g/mol. The van der Waals surface area contributed by atoms with Gasteiger partial charge in [0.1, 0.15) is 0 Å². The van der Waals surface area contributed by atoms with Gasteiger partial charge in [0.2, 0.25) is 0 Å². The molecule has 0 fully saturated rings. The first-order chi connectivity index (χ1) is 7.36. The Bertz CT molecular complexity index is 154. The molecule has 0 aliphatic carbocycles. The molecule has 2 N–H and O–H groups in total. The van der Waals surface area contributed by atoms with Gasteiger partial charge in [0.15, 0.2) is 0 Å². The molecule has 0 rings (SSSR count). The third-order valence-electron chi connectivity index (χ3n) is 2.72. The van der Waals surface area contributed by atoms with Crippen LogP contribution in [-0.2, 0) is 0 Å². The van der Waals surface area contributed by atoms with Crippen LogP contribution >= 0.6 is 0 Å². The fraction of sp³-hybridized carbons (Fsp3) is 0.714. The molecule has 0 radical (unpaired) electrons. The van der Waals surface area contributed by atoms with Crippen LogP contribution < -0.4 is 0 Å². The van der Waals surface area contributed by atoms with Crippen LogP contribution in [0.1, 0.15) is 40.5 Å². The first-order valence-corrected chi connectivity index (χ1v) is 5.94. The molecule has 0 spiro atoms. The van der Waals surface area contributed by atoms with Gasteiger partial charge in [0.25, 0.3) is 0 Å². The molecule has 0 saturated carbocycles. The van der Waals surface area contributed by atoms with E-state index in [4.69, 9.17) is 10.2 Å². The van der Waals surface area contributed by atoms with Crippen LogP contribution in [0.25, 0.3) is 0 Å². The largest absolute Gasteiger partial charge is 0.393 e. The maximum atomic E-state index is 8.90. The third kappa shape index (κ3) is 11.5. The van der Waals surface area contributed by atoms with Gasteiger partial charge >= 0.3 is 0 Å². The third-order valence-corrected chi connectivity index (χ3v) is 2.72. The van der Waals surface area contributed by atoms with Crippen molar-refractivity contribution in [2.45, 2.75) is 52.7 Å². The molecule has 0 bridgehead atoms. The standard InChI is InChI=1S/2C7H14O/c2*1-4-5-6(2)7(3)8/h2*4,6-8H,1,5H2,2-3H3/t2*6-,7-/m10/s1. The van der Waals surface area contributed by atoms with E-state index in [1.54, 1.807) is 13.8 Å². The second kappa shape index (κ2) is 10.9. The molecule has 2 nitrogen and oxygen atoms in total. The van der Waals surface area contributed by atoms with Crippen molar-refractivity contribution in [2.75, 3.05) is 0 Å². The van der Waals surface area contributed by atoms with Crippen molar-refractivity contribution in [3.05, 3.63) is 25.3 Å². The Morgan fingerprint density at radius 3 is 1.12 bits per heavy atom. The summed E-state index contributed by atoms with van der Waals surface area (Å²) in [6.45, 7) is 14.8. The lowest BCUT2D eigenvalue weighted by Crippen LogP contribution is -2.11. The summed E-state index contributed by atoms with van der Waals surface area (Å²) in [5.41, 5.74) is 0. The zero-order chi connectivity index (χ0) is 13.1. The van der Waals surface area contributed by atoms with E-state index in [1.807, 2.05) is 26.0 Å². The summed E-state index contributed by atoms with van der Waals surface area (Å²) in [6.07, 6.45) is 5.06. The van der Waals surface area contributed by atoms with Crippen molar-refractivity contribution in [1.82, 2.24) is 0 Å². The molecule has 96 valence electrons. The van der Waals surface area contributed by atoms with Crippen LogP contribution in [0.3, 0.4) is 0 Å². The second-order valence-corrected chi connectivity index (χ2v) is 4.48. The summed E-state index contributed by atoms with van der Waals surface area (Å²) in [4.78, 5) is 0. The average molecular weight is 228 g/mol. The number of hydrogen-bond donors (Lipinski definition) is 2. The summed E-state index contributed by atoms with van der Waals surface area (Å²) >= 11 is 0. The fourth-order valence-electron chi connectivity index (χ4n) is 0.920. The quantitative estimate of drug-likeness (QED) is 0.686. The van der Waals surface area contributed by atoms with Crippen molar-refractivity contribution < 1.29 is 10.2 Å². The lowest BCUT2D eigenvalue weighted by atomic mass is 10.0. The lowest BCUT2D eigenvalue weighted by molar-refractivity contribution is 0.136. The Morgan fingerprint density at radius 1 is 0.812 bits per heavy atom. The Hall–Kier alpha value is -0.600. The molecule has 0 saturated heterocycles. The fourth-order valence-corrected chi connectivity index (χ4v) is 0.920. The van der Waals surface area contributed by atoms with Gasteiger partial charge in [-0.25, -0.2) is 0 Å².